The van der Waals surface area contributed by atoms with Gasteiger partial charge in [-0.25, -0.2) is 0 Å². The van der Waals surface area contributed by atoms with Crippen LogP contribution in [0.25, 0.3) is 0 Å². The molecule has 0 saturated carbocycles. The molecule has 1 aliphatic heterocycles. The maximum Gasteiger partial charge on any atom is 0.224 e. The third kappa shape index (κ3) is 2.99. The highest BCUT2D eigenvalue weighted by atomic mass is 16.1. The smallest absolute Gasteiger partial charge is 0.224 e. The molecule has 3 rings (SSSR count). The number of benzene rings is 1. The average Bonchev–Trinajstić information content (AvgIpc) is 2.85. The van der Waals surface area contributed by atoms with Crippen LogP contribution in [0.4, 0.5) is 17.1 Å². The van der Waals surface area contributed by atoms with Gasteiger partial charge in [-0.15, -0.1) is 0 Å². The standard InChI is InChI=1S/C15H19N5O/c1-10-8-18-20(9-10)5-4-17-14-6-11-2-3-15(21)19-13(11)7-12(14)16/h6-9,17H,2-5,16H2,1H3,(H,19,21). The maximum absolute atomic E-state index is 11.4. The van der Waals surface area contributed by atoms with E-state index in [0.717, 1.165) is 42.0 Å². The number of carbonyl (C=O) groups is 1. The summed E-state index contributed by atoms with van der Waals surface area (Å²) < 4.78 is 1.90. The van der Waals surface area contributed by atoms with E-state index in [9.17, 15) is 4.79 Å². The largest absolute Gasteiger partial charge is 0.397 e. The minimum Gasteiger partial charge on any atom is -0.397 e. The number of nitrogen functional groups attached to an aromatic ring is 1. The van der Waals surface area contributed by atoms with E-state index < -0.39 is 0 Å². The zero-order chi connectivity index (χ0) is 14.8. The van der Waals surface area contributed by atoms with Crippen molar-refractivity contribution in [3.63, 3.8) is 0 Å². The summed E-state index contributed by atoms with van der Waals surface area (Å²) in [6.07, 6.45) is 5.14. The minimum atomic E-state index is 0.0525. The monoisotopic (exact) mass is 285 g/mol. The van der Waals surface area contributed by atoms with Gasteiger partial charge in [0.15, 0.2) is 0 Å². The number of amides is 1. The van der Waals surface area contributed by atoms with Gasteiger partial charge in [0.05, 0.1) is 24.1 Å². The van der Waals surface area contributed by atoms with Gasteiger partial charge in [-0.2, -0.15) is 5.10 Å². The summed E-state index contributed by atoms with van der Waals surface area (Å²) in [5, 5.41) is 10.4. The fourth-order valence-corrected chi connectivity index (χ4v) is 2.49. The Morgan fingerprint density at radius 1 is 1.43 bits per heavy atom. The molecule has 0 saturated heterocycles. The van der Waals surface area contributed by atoms with Crippen molar-refractivity contribution in [2.45, 2.75) is 26.3 Å². The van der Waals surface area contributed by atoms with Gasteiger partial charge >= 0.3 is 0 Å². The Labute approximate surface area is 123 Å². The van der Waals surface area contributed by atoms with Crippen molar-refractivity contribution < 1.29 is 4.79 Å². The van der Waals surface area contributed by atoms with Crippen LogP contribution in [-0.2, 0) is 17.8 Å². The van der Waals surface area contributed by atoms with E-state index in [2.05, 4.69) is 15.7 Å². The van der Waals surface area contributed by atoms with Gasteiger partial charge in [0, 0.05) is 24.8 Å². The quantitative estimate of drug-likeness (QED) is 0.747. The third-order valence-electron chi connectivity index (χ3n) is 3.59. The molecule has 6 heteroatoms. The second kappa shape index (κ2) is 5.47. The first-order chi connectivity index (χ1) is 10.1. The lowest BCUT2D eigenvalue weighted by Gasteiger charge is -2.19. The van der Waals surface area contributed by atoms with Gasteiger partial charge in [0.2, 0.25) is 5.91 Å². The SMILES string of the molecule is Cc1cnn(CCNc2cc3c(cc2N)NC(=O)CC3)c1. The second-order valence-electron chi connectivity index (χ2n) is 5.35. The molecule has 1 aromatic carbocycles. The molecular formula is C15H19N5O. The van der Waals surface area contributed by atoms with Crippen LogP contribution < -0.4 is 16.4 Å². The maximum atomic E-state index is 11.4. The van der Waals surface area contributed by atoms with Crippen molar-refractivity contribution >= 4 is 23.0 Å². The molecule has 1 aromatic heterocycles. The number of carbonyl (C=O) groups excluding carboxylic acids is 1. The molecule has 0 spiro atoms. The van der Waals surface area contributed by atoms with E-state index in [4.69, 9.17) is 5.73 Å². The molecule has 0 bridgehead atoms. The Kier molecular flexibility index (Phi) is 3.51. The molecular weight excluding hydrogens is 266 g/mol. The molecule has 0 atom stereocenters. The summed E-state index contributed by atoms with van der Waals surface area (Å²) >= 11 is 0. The first-order valence-electron chi connectivity index (χ1n) is 7.07. The Balaban J connectivity index is 1.67. The number of rotatable bonds is 4. The fraction of sp³-hybridized carbons (Fsp3) is 0.333. The number of hydrogen-bond acceptors (Lipinski definition) is 4. The van der Waals surface area contributed by atoms with Crippen molar-refractivity contribution in [2.75, 3.05) is 22.9 Å². The highest BCUT2D eigenvalue weighted by Crippen LogP contribution is 2.30. The third-order valence-corrected chi connectivity index (χ3v) is 3.59. The Morgan fingerprint density at radius 2 is 2.29 bits per heavy atom. The molecule has 2 aromatic rings. The molecule has 0 aliphatic carbocycles. The van der Waals surface area contributed by atoms with Crippen LogP contribution in [0.5, 0.6) is 0 Å². The van der Waals surface area contributed by atoms with Crippen molar-refractivity contribution in [1.82, 2.24) is 9.78 Å². The minimum absolute atomic E-state index is 0.0525. The predicted octanol–water partition coefficient (Wildman–Crippen LogP) is 1.77. The van der Waals surface area contributed by atoms with Crippen LogP contribution in [0.2, 0.25) is 0 Å². The van der Waals surface area contributed by atoms with Gasteiger partial charge < -0.3 is 16.4 Å². The Morgan fingerprint density at radius 3 is 3.05 bits per heavy atom. The molecule has 1 amide bonds. The second-order valence-corrected chi connectivity index (χ2v) is 5.35. The first kappa shape index (κ1) is 13.5. The summed E-state index contributed by atoms with van der Waals surface area (Å²) in [5.41, 5.74) is 10.7. The van der Waals surface area contributed by atoms with Crippen LogP contribution in [-0.4, -0.2) is 22.2 Å². The normalized spacial score (nSPS) is 13.7. The Hall–Kier alpha value is -2.50. The molecule has 4 N–H and O–H groups in total. The van der Waals surface area contributed by atoms with Crippen LogP contribution in [0.15, 0.2) is 24.5 Å². The number of fused-ring (bicyclic) bond motifs is 1. The number of hydrogen-bond donors (Lipinski definition) is 3. The zero-order valence-electron chi connectivity index (χ0n) is 12.0. The number of aryl methyl sites for hydroxylation is 2. The summed E-state index contributed by atoms with van der Waals surface area (Å²) in [7, 11) is 0. The van der Waals surface area contributed by atoms with Gasteiger partial charge in [-0.1, -0.05) is 0 Å². The first-order valence-corrected chi connectivity index (χ1v) is 7.07. The van der Waals surface area contributed by atoms with E-state index >= 15 is 0 Å². The molecule has 6 nitrogen and oxygen atoms in total. The van der Waals surface area contributed by atoms with Crippen molar-refractivity contribution in [3.05, 3.63) is 35.7 Å². The van der Waals surface area contributed by atoms with E-state index in [-0.39, 0.29) is 5.91 Å². The lowest BCUT2D eigenvalue weighted by Crippen LogP contribution is -2.20. The van der Waals surface area contributed by atoms with Gasteiger partial charge in [0.25, 0.3) is 0 Å². The van der Waals surface area contributed by atoms with Crippen molar-refractivity contribution in [1.29, 1.82) is 0 Å². The highest BCUT2D eigenvalue weighted by molar-refractivity contribution is 5.95. The van der Waals surface area contributed by atoms with E-state index in [1.807, 2.05) is 36.1 Å². The number of nitrogens with zero attached hydrogens (tertiary/aromatic N) is 2. The van der Waals surface area contributed by atoms with Crippen LogP contribution >= 0.6 is 0 Å². The number of anilines is 3. The van der Waals surface area contributed by atoms with E-state index in [1.165, 1.54) is 0 Å². The number of nitrogens with two attached hydrogens (primary N) is 1. The van der Waals surface area contributed by atoms with E-state index in [0.29, 0.717) is 12.1 Å². The molecule has 0 fully saturated rings. The predicted molar refractivity (Wildman–Crippen MR) is 83.3 cm³/mol. The number of aromatic nitrogens is 2. The molecule has 110 valence electrons. The summed E-state index contributed by atoms with van der Waals surface area (Å²) in [6.45, 7) is 3.55. The lowest BCUT2D eigenvalue weighted by atomic mass is 10.0. The number of nitrogens with one attached hydrogen (secondary N) is 2. The van der Waals surface area contributed by atoms with Gasteiger partial charge in [-0.3, -0.25) is 9.48 Å². The van der Waals surface area contributed by atoms with Crippen LogP contribution in [0, 0.1) is 6.92 Å². The average molecular weight is 285 g/mol. The molecule has 0 radical (unpaired) electrons. The highest BCUT2D eigenvalue weighted by Gasteiger charge is 2.16. The summed E-state index contributed by atoms with van der Waals surface area (Å²) in [4.78, 5) is 11.4. The van der Waals surface area contributed by atoms with Crippen LogP contribution in [0.3, 0.4) is 0 Å². The molecule has 0 unspecified atom stereocenters. The molecule has 1 aliphatic rings. The summed E-state index contributed by atoms with van der Waals surface area (Å²) in [6, 6.07) is 3.85. The zero-order valence-corrected chi connectivity index (χ0v) is 12.0. The van der Waals surface area contributed by atoms with E-state index in [1.54, 1.807) is 0 Å². The lowest BCUT2D eigenvalue weighted by molar-refractivity contribution is -0.116. The van der Waals surface area contributed by atoms with Gasteiger partial charge in [0.1, 0.15) is 0 Å². The topological polar surface area (TPSA) is 85.0 Å². The molecule has 21 heavy (non-hydrogen) atoms. The fourth-order valence-electron chi connectivity index (χ4n) is 2.49. The summed E-state index contributed by atoms with van der Waals surface area (Å²) in [5.74, 6) is 0.0525. The van der Waals surface area contributed by atoms with Gasteiger partial charge in [-0.05, 0) is 36.6 Å². The van der Waals surface area contributed by atoms with Crippen molar-refractivity contribution in [3.8, 4) is 0 Å². The van der Waals surface area contributed by atoms with Crippen molar-refractivity contribution in [2.24, 2.45) is 0 Å². The van der Waals surface area contributed by atoms with Crippen LogP contribution in [0.1, 0.15) is 17.5 Å². The Bertz CT molecular complexity index is 677. The molecule has 2 heterocycles.